The van der Waals surface area contributed by atoms with E-state index in [4.69, 9.17) is 26.4 Å². The van der Waals surface area contributed by atoms with Crippen molar-refractivity contribution in [2.75, 3.05) is 19.8 Å². The van der Waals surface area contributed by atoms with Crippen LogP contribution in [-0.2, 0) is 14.2 Å². The molecule has 9 heteroatoms. The molecule has 32 heavy (non-hydrogen) atoms. The van der Waals surface area contributed by atoms with Crippen LogP contribution >= 0.6 is 12.2 Å². The van der Waals surface area contributed by atoms with Gasteiger partial charge in [-0.05, 0) is 30.3 Å². The molecule has 1 heterocycles. The zero-order valence-electron chi connectivity index (χ0n) is 17.1. The summed E-state index contributed by atoms with van der Waals surface area (Å²) < 4.78 is 17.9. The summed E-state index contributed by atoms with van der Waals surface area (Å²) in [4.78, 5) is 39.0. The SMILES string of the molecule is O=C(OCCO[C@@H](CCOC(=O)c1ccccc1)n1ccc(=S)[nH]c1=O)c1ccccc1. The van der Waals surface area contributed by atoms with Gasteiger partial charge in [-0.3, -0.25) is 9.55 Å². The normalized spacial score (nSPS) is 11.5. The fourth-order valence-corrected chi connectivity index (χ4v) is 2.99. The van der Waals surface area contributed by atoms with Crippen molar-refractivity contribution < 1.29 is 23.8 Å². The number of carbonyl (C=O) groups excluding carboxylic acids is 2. The van der Waals surface area contributed by atoms with Gasteiger partial charge in [0.2, 0.25) is 0 Å². The first kappa shape index (κ1) is 23.1. The molecule has 0 amide bonds. The molecule has 0 aliphatic rings. The van der Waals surface area contributed by atoms with Crippen LogP contribution in [0.5, 0.6) is 0 Å². The second-order valence-electron chi connectivity index (χ2n) is 6.64. The molecule has 0 fully saturated rings. The van der Waals surface area contributed by atoms with Crippen molar-refractivity contribution in [1.82, 2.24) is 9.55 Å². The van der Waals surface area contributed by atoms with Crippen LogP contribution in [0.4, 0.5) is 0 Å². The number of hydrogen-bond acceptors (Lipinski definition) is 7. The number of ether oxygens (including phenoxy) is 3. The van der Waals surface area contributed by atoms with E-state index >= 15 is 0 Å². The lowest BCUT2D eigenvalue weighted by Crippen LogP contribution is -2.30. The summed E-state index contributed by atoms with van der Waals surface area (Å²) >= 11 is 4.97. The summed E-state index contributed by atoms with van der Waals surface area (Å²) in [6.45, 7) is 0.0494. The second kappa shape index (κ2) is 11.7. The molecule has 2 aromatic carbocycles. The van der Waals surface area contributed by atoms with E-state index in [-0.39, 0.29) is 30.9 Å². The number of hydrogen-bond donors (Lipinski definition) is 1. The van der Waals surface area contributed by atoms with Crippen LogP contribution in [0.1, 0.15) is 33.4 Å². The molecule has 0 spiro atoms. The lowest BCUT2D eigenvalue weighted by molar-refractivity contribution is -0.0395. The molecule has 0 aliphatic heterocycles. The van der Waals surface area contributed by atoms with Crippen LogP contribution in [0.25, 0.3) is 0 Å². The van der Waals surface area contributed by atoms with Crippen molar-refractivity contribution in [2.45, 2.75) is 12.6 Å². The average molecular weight is 455 g/mol. The summed E-state index contributed by atoms with van der Waals surface area (Å²) in [5.41, 5.74) is 0.403. The fraction of sp³-hybridized carbons (Fsp3) is 0.217. The lowest BCUT2D eigenvalue weighted by atomic mass is 10.2. The van der Waals surface area contributed by atoms with E-state index < -0.39 is 23.9 Å². The Hall–Kier alpha value is -3.56. The standard InChI is InChI=1S/C23H22N2O6S/c26-21(17-7-3-1-4-8-17)30-14-12-20(25-13-11-19(32)24-23(25)28)29-15-16-31-22(27)18-9-5-2-6-10-18/h1-11,13,20H,12,14-16H2,(H,24,28,32)/t20-/m0/s1. The third-order valence-electron chi connectivity index (χ3n) is 4.41. The van der Waals surface area contributed by atoms with Gasteiger partial charge in [0.25, 0.3) is 0 Å². The van der Waals surface area contributed by atoms with Gasteiger partial charge in [0.05, 0.1) is 24.3 Å². The molecule has 166 valence electrons. The molecular weight excluding hydrogens is 432 g/mol. The molecule has 0 saturated heterocycles. The Balaban J connectivity index is 1.57. The summed E-state index contributed by atoms with van der Waals surface area (Å²) in [5, 5.41) is 0. The van der Waals surface area contributed by atoms with Crippen LogP contribution in [0.2, 0.25) is 0 Å². The van der Waals surface area contributed by atoms with Gasteiger partial charge in [0.1, 0.15) is 17.5 Å². The summed E-state index contributed by atoms with van der Waals surface area (Å²) in [6.07, 6.45) is 0.949. The molecule has 1 atom stereocenters. The molecule has 3 aromatic rings. The quantitative estimate of drug-likeness (QED) is 0.284. The number of esters is 2. The smallest absolute Gasteiger partial charge is 0.338 e. The Labute approximate surface area is 189 Å². The minimum Gasteiger partial charge on any atom is -0.462 e. The monoisotopic (exact) mass is 454 g/mol. The fourth-order valence-electron chi connectivity index (χ4n) is 2.84. The highest BCUT2D eigenvalue weighted by Gasteiger charge is 2.16. The van der Waals surface area contributed by atoms with E-state index in [0.717, 1.165) is 0 Å². The third kappa shape index (κ3) is 6.73. The number of nitrogens with one attached hydrogen (secondary N) is 1. The highest BCUT2D eigenvalue weighted by Crippen LogP contribution is 2.12. The van der Waals surface area contributed by atoms with Crippen molar-refractivity contribution in [2.24, 2.45) is 0 Å². The van der Waals surface area contributed by atoms with Crippen LogP contribution in [0.15, 0.2) is 77.7 Å². The molecule has 1 aromatic heterocycles. The number of benzene rings is 2. The number of rotatable bonds is 10. The van der Waals surface area contributed by atoms with Crippen molar-refractivity contribution in [3.8, 4) is 0 Å². The first-order chi connectivity index (χ1) is 15.5. The van der Waals surface area contributed by atoms with Gasteiger partial charge in [0, 0.05) is 12.6 Å². The molecule has 0 bridgehead atoms. The van der Waals surface area contributed by atoms with E-state index in [9.17, 15) is 14.4 Å². The number of aromatic amines is 1. The Morgan fingerprint density at radius 2 is 1.41 bits per heavy atom. The topological polar surface area (TPSA) is 99.6 Å². The second-order valence-corrected chi connectivity index (χ2v) is 7.08. The van der Waals surface area contributed by atoms with Crippen LogP contribution in [-0.4, -0.2) is 41.3 Å². The average Bonchev–Trinajstić information content (AvgIpc) is 2.82. The Morgan fingerprint density at radius 3 is 1.97 bits per heavy atom. The van der Waals surface area contributed by atoms with E-state index in [1.54, 1.807) is 66.7 Å². The van der Waals surface area contributed by atoms with E-state index in [1.165, 1.54) is 10.8 Å². The molecule has 0 radical (unpaired) electrons. The zero-order valence-corrected chi connectivity index (χ0v) is 18.0. The summed E-state index contributed by atoms with van der Waals surface area (Å²) in [7, 11) is 0. The summed E-state index contributed by atoms with van der Waals surface area (Å²) in [6, 6.07) is 18.7. The van der Waals surface area contributed by atoms with Gasteiger partial charge in [-0.2, -0.15) is 0 Å². The molecule has 3 rings (SSSR count). The highest BCUT2D eigenvalue weighted by molar-refractivity contribution is 7.71. The van der Waals surface area contributed by atoms with Crippen molar-refractivity contribution in [1.29, 1.82) is 0 Å². The summed E-state index contributed by atoms with van der Waals surface area (Å²) in [5.74, 6) is -0.940. The van der Waals surface area contributed by atoms with Gasteiger partial charge in [-0.25, -0.2) is 14.4 Å². The molecule has 0 aliphatic carbocycles. The van der Waals surface area contributed by atoms with Gasteiger partial charge in [0.15, 0.2) is 0 Å². The maximum Gasteiger partial charge on any atom is 0.338 e. The van der Waals surface area contributed by atoms with Gasteiger partial charge >= 0.3 is 17.6 Å². The van der Waals surface area contributed by atoms with Gasteiger partial charge < -0.3 is 14.2 Å². The first-order valence-electron chi connectivity index (χ1n) is 9.92. The first-order valence-corrected chi connectivity index (χ1v) is 10.3. The molecular formula is C23H22N2O6S. The van der Waals surface area contributed by atoms with E-state index in [0.29, 0.717) is 11.1 Å². The van der Waals surface area contributed by atoms with Gasteiger partial charge in [-0.1, -0.05) is 48.6 Å². The van der Waals surface area contributed by atoms with Crippen LogP contribution < -0.4 is 5.69 Å². The Kier molecular flexibility index (Phi) is 8.47. The van der Waals surface area contributed by atoms with Crippen molar-refractivity contribution in [3.63, 3.8) is 0 Å². The predicted molar refractivity (Wildman–Crippen MR) is 119 cm³/mol. The van der Waals surface area contributed by atoms with Crippen LogP contribution in [0, 0.1) is 4.64 Å². The van der Waals surface area contributed by atoms with Gasteiger partial charge in [-0.15, -0.1) is 0 Å². The predicted octanol–water partition coefficient (Wildman–Crippen LogP) is 3.53. The molecule has 0 saturated carbocycles. The van der Waals surface area contributed by atoms with Crippen LogP contribution in [0.3, 0.4) is 0 Å². The number of H-pyrrole nitrogens is 1. The minimum absolute atomic E-state index is 0.00832. The largest absolute Gasteiger partial charge is 0.462 e. The van der Waals surface area contributed by atoms with Crippen molar-refractivity contribution in [3.05, 3.63) is 99.2 Å². The zero-order chi connectivity index (χ0) is 22.8. The number of nitrogens with zero attached hydrogens (tertiary/aromatic N) is 1. The maximum atomic E-state index is 12.3. The van der Waals surface area contributed by atoms with E-state index in [1.807, 2.05) is 0 Å². The third-order valence-corrected chi connectivity index (χ3v) is 4.64. The Morgan fingerprint density at radius 1 is 0.844 bits per heavy atom. The lowest BCUT2D eigenvalue weighted by Gasteiger charge is -2.20. The minimum atomic E-state index is -0.756. The molecule has 1 N–H and O–H groups in total. The Bertz CT molecular complexity index is 1140. The van der Waals surface area contributed by atoms with Crippen molar-refractivity contribution >= 4 is 24.2 Å². The molecule has 0 unspecified atom stereocenters. The maximum absolute atomic E-state index is 12.3. The highest BCUT2D eigenvalue weighted by atomic mass is 32.1. The number of aromatic nitrogens is 2. The number of carbonyl (C=O) groups is 2. The molecule has 8 nitrogen and oxygen atoms in total. The van der Waals surface area contributed by atoms with E-state index in [2.05, 4.69) is 4.98 Å².